The van der Waals surface area contributed by atoms with Crippen molar-refractivity contribution in [3.8, 4) is 0 Å². The van der Waals surface area contributed by atoms with Crippen molar-refractivity contribution in [3.63, 3.8) is 0 Å². The van der Waals surface area contributed by atoms with E-state index in [0.717, 1.165) is 0 Å². The Bertz CT molecular complexity index is 80.6. The smallest absolute Gasteiger partial charge is 0 e. The maximum absolute atomic E-state index is 9.53. The van der Waals surface area contributed by atoms with E-state index < -0.39 is 30.5 Å². The van der Waals surface area contributed by atoms with Gasteiger partial charge < -0.3 is 25.5 Å². The minimum Gasteiger partial charge on any atom is -0.852 e. The molecule has 0 aliphatic rings. The maximum Gasteiger partial charge on any atom is 0 e. The molecule has 0 unspecified atom stereocenters. The quantitative estimate of drug-likeness (QED) is 0.432. The summed E-state index contributed by atoms with van der Waals surface area (Å²) in [6.07, 6.45) is -2.08. The van der Waals surface area contributed by atoms with Gasteiger partial charge in [-0.1, -0.05) is 69.2 Å². The first-order chi connectivity index (χ1) is 8.66. The summed E-state index contributed by atoms with van der Waals surface area (Å²) in [5, 5.41) is 47.6. The van der Waals surface area contributed by atoms with Crippen LogP contribution in [0.1, 0.15) is 69.2 Å². The Morgan fingerprint density at radius 2 is 0.333 bits per heavy atom. The van der Waals surface area contributed by atoms with E-state index in [1.807, 2.05) is 0 Å². The molecule has 136 valence electrons. The van der Waals surface area contributed by atoms with Crippen molar-refractivity contribution in [2.75, 3.05) is 0 Å². The molecular formula is C15H35O5W-5. The van der Waals surface area contributed by atoms with Gasteiger partial charge in [0.25, 0.3) is 0 Å². The second-order valence-electron chi connectivity index (χ2n) is 5.24. The van der Waals surface area contributed by atoms with Crippen molar-refractivity contribution >= 4 is 0 Å². The van der Waals surface area contributed by atoms with Crippen molar-refractivity contribution in [3.05, 3.63) is 0 Å². The second kappa shape index (κ2) is 32.4. The first kappa shape index (κ1) is 37.6. The minimum atomic E-state index is -0.417. The Labute approximate surface area is 146 Å². The maximum atomic E-state index is 9.53. The Morgan fingerprint density at radius 3 is 0.333 bits per heavy atom. The van der Waals surface area contributed by atoms with Gasteiger partial charge in [0.1, 0.15) is 0 Å². The molecule has 0 aromatic heterocycles. The van der Waals surface area contributed by atoms with Gasteiger partial charge in [-0.15, -0.1) is 30.5 Å². The fourth-order valence-corrected chi connectivity index (χ4v) is 0. The van der Waals surface area contributed by atoms with Gasteiger partial charge in [0.05, 0.1) is 0 Å². The summed E-state index contributed by atoms with van der Waals surface area (Å²) in [6, 6.07) is 0. The van der Waals surface area contributed by atoms with Crippen LogP contribution < -0.4 is 25.5 Å². The van der Waals surface area contributed by atoms with Gasteiger partial charge in [-0.25, -0.2) is 0 Å². The molecule has 0 atom stereocenters. The first-order valence-corrected chi connectivity index (χ1v) is 6.95. The van der Waals surface area contributed by atoms with Crippen LogP contribution in [0.5, 0.6) is 0 Å². The van der Waals surface area contributed by atoms with E-state index >= 15 is 0 Å². The Hall–Kier alpha value is 0.488. The predicted molar refractivity (Wildman–Crippen MR) is 75.7 cm³/mol. The molecule has 0 aromatic carbocycles. The first-order valence-electron chi connectivity index (χ1n) is 6.95. The summed E-state index contributed by atoms with van der Waals surface area (Å²) in [6.45, 7) is 16.1. The molecule has 0 N–H and O–H groups in total. The molecule has 0 aliphatic heterocycles. The second-order valence-corrected chi connectivity index (χ2v) is 5.24. The number of rotatable bonds is 0. The molecule has 0 saturated heterocycles. The van der Waals surface area contributed by atoms with E-state index in [1.54, 1.807) is 69.2 Å². The fraction of sp³-hybridized carbons (Fsp3) is 1.00. The number of hydrogen-bond donors (Lipinski definition) is 0. The fourth-order valence-electron chi connectivity index (χ4n) is 0. The van der Waals surface area contributed by atoms with E-state index in [2.05, 4.69) is 0 Å². The molecule has 0 heterocycles. The van der Waals surface area contributed by atoms with Crippen LogP contribution in [-0.2, 0) is 21.1 Å². The molecule has 0 spiro atoms. The third-order valence-electron chi connectivity index (χ3n) is 0. The summed E-state index contributed by atoms with van der Waals surface area (Å²) in [5.74, 6) is 0. The normalized spacial score (nSPS) is 8.57. The molecule has 0 rings (SSSR count). The van der Waals surface area contributed by atoms with Crippen LogP contribution in [0.15, 0.2) is 0 Å². The molecule has 0 aliphatic carbocycles. The Morgan fingerprint density at radius 1 is 0.333 bits per heavy atom. The molecule has 0 fully saturated rings. The minimum absolute atomic E-state index is 0. The van der Waals surface area contributed by atoms with Gasteiger partial charge in [-0.05, 0) is 0 Å². The van der Waals surface area contributed by atoms with E-state index in [9.17, 15) is 25.5 Å². The molecule has 0 aromatic rings. The largest absolute Gasteiger partial charge is 0.852 e. The Balaban J connectivity index is -0.0000000331. The summed E-state index contributed by atoms with van der Waals surface area (Å²) in [5.41, 5.74) is 0. The molecular weight excluding hydrogens is 444 g/mol. The Kier molecular flexibility index (Phi) is 58.1. The van der Waals surface area contributed by atoms with Crippen LogP contribution in [0.3, 0.4) is 0 Å². The van der Waals surface area contributed by atoms with Crippen molar-refractivity contribution in [2.45, 2.75) is 99.8 Å². The molecule has 5 nitrogen and oxygen atoms in total. The topological polar surface area (TPSA) is 115 Å². The van der Waals surface area contributed by atoms with Crippen LogP contribution in [0.25, 0.3) is 0 Å². The third kappa shape index (κ3) is 29400. The molecule has 0 bridgehead atoms. The van der Waals surface area contributed by atoms with E-state index in [1.165, 1.54) is 0 Å². The van der Waals surface area contributed by atoms with Gasteiger partial charge in [-0.2, -0.15) is 0 Å². The standard InChI is InChI=1S/5C3H7O.W/c5*1-3(2)4;/h5*3H,1-2H3;/q5*-1;. The van der Waals surface area contributed by atoms with E-state index in [0.29, 0.717) is 0 Å². The van der Waals surface area contributed by atoms with Crippen molar-refractivity contribution in [2.24, 2.45) is 0 Å². The third-order valence-corrected chi connectivity index (χ3v) is 0. The van der Waals surface area contributed by atoms with Gasteiger partial charge in [0.2, 0.25) is 0 Å². The molecule has 21 heavy (non-hydrogen) atoms. The summed E-state index contributed by atoms with van der Waals surface area (Å²) in [7, 11) is 0. The molecule has 0 saturated carbocycles. The molecule has 0 radical (unpaired) electrons. The van der Waals surface area contributed by atoms with Gasteiger partial charge in [-0.3, -0.25) is 0 Å². The van der Waals surface area contributed by atoms with E-state index in [4.69, 9.17) is 0 Å². The van der Waals surface area contributed by atoms with Crippen LogP contribution >= 0.6 is 0 Å². The van der Waals surface area contributed by atoms with Gasteiger partial charge in [0, 0.05) is 21.1 Å². The van der Waals surface area contributed by atoms with Crippen LogP contribution in [0.2, 0.25) is 0 Å². The average molecular weight is 479 g/mol. The van der Waals surface area contributed by atoms with Crippen molar-refractivity contribution < 1.29 is 46.6 Å². The monoisotopic (exact) mass is 479 g/mol. The van der Waals surface area contributed by atoms with Crippen molar-refractivity contribution in [1.82, 2.24) is 0 Å². The summed E-state index contributed by atoms with van der Waals surface area (Å²) < 4.78 is 0. The summed E-state index contributed by atoms with van der Waals surface area (Å²) >= 11 is 0. The average Bonchev–Trinajstić information content (AvgIpc) is 1.94. The molecule has 6 heteroatoms. The van der Waals surface area contributed by atoms with Crippen LogP contribution in [0.4, 0.5) is 0 Å². The zero-order valence-electron chi connectivity index (χ0n) is 15.3. The van der Waals surface area contributed by atoms with Gasteiger partial charge in [0.15, 0.2) is 0 Å². The van der Waals surface area contributed by atoms with Crippen molar-refractivity contribution in [1.29, 1.82) is 0 Å². The van der Waals surface area contributed by atoms with E-state index in [-0.39, 0.29) is 21.1 Å². The zero-order chi connectivity index (χ0) is 17.9. The SMILES string of the molecule is CC(C)[O-].CC(C)[O-].CC(C)[O-].CC(C)[O-].CC(C)[O-].[W]. The zero-order valence-corrected chi connectivity index (χ0v) is 18.3. The van der Waals surface area contributed by atoms with Crippen LogP contribution in [0, 0.1) is 0 Å². The summed E-state index contributed by atoms with van der Waals surface area (Å²) in [4.78, 5) is 0. The predicted octanol–water partition coefficient (Wildman–Crippen LogP) is -1.23. The van der Waals surface area contributed by atoms with Crippen LogP contribution in [-0.4, -0.2) is 30.5 Å². The molecule has 0 amide bonds. The number of hydrogen-bond acceptors (Lipinski definition) is 5. The van der Waals surface area contributed by atoms with Gasteiger partial charge >= 0.3 is 0 Å².